The number of carbonyl (C=O) groups excluding carboxylic acids is 1. The summed E-state index contributed by atoms with van der Waals surface area (Å²) in [7, 11) is 0. The van der Waals surface area contributed by atoms with Gasteiger partial charge in [-0.1, -0.05) is 6.42 Å². The van der Waals surface area contributed by atoms with Gasteiger partial charge in [0.15, 0.2) is 6.39 Å². The molecule has 0 aliphatic heterocycles. The molecule has 2 atom stereocenters. The molecule has 0 radical (unpaired) electrons. The van der Waals surface area contributed by atoms with Crippen molar-refractivity contribution >= 4 is 6.09 Å². The van der Waals surface area contributed by atoms with E-state index in [1.807, 2.05) is 20.8 Å². The monoisotopic (exact) mass is 295 g/mol. The number of amides is 1. The predicted molar refractivity (Wildman–Crippen MR) is 78.7 cm³/mol. The highest BCUT2D eigenvalue weighted by atomic mass is 16.6. The van der Waals surface area contributed by atoms with Gasteiger partial charge in [-0.25, -0.2) is 9.78 Å². The van der Waals surface area contributed by atoms with Gasteiger partial charge in [-0.2, -0.15) is 0 Å². The van der Waals surface area contributed by atoms with Gasteiger partial charge in [0.25, 0.3) is 0 Å². The third-order valence-electron chi connectivity index (χ3n) is 3.59. The van der Waals surface area contributed by atoms with Crippen LogP contribution in [0.4, 0.5) is 4.79 Å². The Bertz CT molecular complexity index is 440. The molecule has 0 aromatic carbocycles. The second-order valence-electron chi connectivity index (χ2n) is 6.53. The molecule has 1 aromatic rings. The van der Waals surface area contributed by atoms with Crippen molar-refractivity contribution in [3.63, 3.8) is 0 Å². The number of ether oxygens (including phenoxy) is 1. The summed E-state index contributed by atoms with van der Waals surface area (Å²) in [6.45, 7) is 6.91. The molecule has 21 heavy (non-hydrogen) atoms. The number of nitrogens with zero attached hydrogens (tertiary/aromatic N) is 1. The molecule has 0 spiro atoms. The first-order valence-corrected chi connectivity index (χ1v) is 7.51. The molecule has 1 saturated carbocycles. The van der Waals surface area contributed by atoms with E-state index in [9.17, 15) is 4.79 Å². The van der Waals surface area contributed by atoms with Crippen LogP contribution in [0.25, 0.3) is 0 Å². The van der Waals surface area contributed by atoms with Crippen molar-refractivity contribution in [3.8, 4) is 0 Å². The van der Waals surface area contributed by atoms with Crippen LogP contribution in [-0.4, -0.2) is 29.3 Å². The van der Waals surface area contributed by atoms with Gasteiger partial charge in [0.2, 0.25) is 0 Å². The van der Waals surface area contributed by atoms with Gasteiger partial charge in [-0.3, -0.25) is 0 Å². The second kappa shape index (κ2) is 6.93. The molecule has 0 bridgehead atoms. The topological polar surface area (TPSA) is 76.4 Å². The minimum absolute atomic E-state index is 0.344. The standard InChI is InChI=1S/C15H25N3O3/c1-15(2,3)21-14(19)18-7-11-5-4-6-13(11)17-9-12-8-16-10-20-12/h8,10-11,13,17H,4-7,9H2,1-3H3,(H,18,19). The minimum atomic E-state index is -0.455. The lowest BCUT2D eigenvalue weighted by atomic mass is 10.0. The fourth-order valence-electron chi connectivity index (χ4n) is 2.64. The highest BCUT2D eigenvalue weighted by Crippen LogP contribution is 2.25. The maximum Gasteiger partial charge on any atom is 0.407 e. The van der Waals surface area contributed by atoms with Crippen molar-refractivity contribution < 1.29 is 13.9 Å². The molecule has 1 aliphatic rings. The number of aromatic nitrogens is 1. The summed E-state index contributed by atoms with van der Waals surface area (Å²) in [5.41, 5.74) is -0.455. The van der Waals surface area contributed by atoms with Gasteiger partial charge < -0.3 is 19.8 Å². The van der Waals surface area contributed by atoms with Crippen molar-refractivity contribution in [2.75, 3.05) is 6.54 Å². The van der Waals surface area contributed by atoms with Crippen LogP contribution in [0.5, 0.6) is 0 Å². The van der Waals surface area contributed by atoms with Crippen LogP contribution in [0.15, 0.2) is 17.0 Å². The van der Waals surface area contributed by atoms with Gasteiger partial charge in [0, 0.05) is 12.6 Å². The molecule has 1 amide bonds. The number of hydrogen-bond acceptors (Lipinski definition) is 5. The van der Waals surface area contributed by atoms with E-state index in [4.69, 9.17) is 9.15 Å². The van der Waals surface area contributed by atoms with Crippen LogP contribution in [0.2, 0.25) is 0 Å². The smallest absolute Gasteiger partial charge is 0.407 e. The number of oxazole rings is 1. The van der Waals surface area contributed by atoms with Gasteiger partial charge in [0.05, 0.1) is 12.7 Å². The van der Waals surface area contributed by atoms with Crippen LogP contribution in [0, 0.1) is 5.92 Å². The van der Waals surface area contributed by atoms with Gasteiger partial charge in [-0.15, -0.1) is 0 Å². The van der Waals surface area contributed by atoms with Gasteiger partial charge in [-0.05, 0) is 39.5 Å². The maximum absolute atomic E-state index is 11.7. The van der Waals surface area contributed by atoms with Crippen LogP contribution in [0.1, 0.15) is 45.8 Å². The molecule has 6 nitrogen and oxygen atoms in total. The van der Waals surface area contributed by atoms with Gasteiger partial charge >= 0.3 is 6.09 Å². The number of rotatable bonds is 5. The van der Waals surface area contributed by atoms with Crippen molar-refractivity contribution in [2.45, 2.75) is 58.2 Å². The lowest BCUT2D eigenvalue weighted by molar-refractivity contribution is 0.0517. The van der Waals surface area contributed by atoms with Crippen LogP contribution >= 0.6 is 0 Å². The number of alkyl carbamates (subject to hydrolysis) is 1. The molecular formula is C15H25N3O3. The zero-order valence-corrected chi connectivity index (χ0v) is 13.0. The first-order valence-electron chi connectivity index (χ1n) is 7.51. The number of hydrogen-bond donors (Lipinski definition) is 2. The highest BCUT2D eigenvalue weighted by molar-refractivity contribution is 5.67. The first kappa shape index (κ1) is 15.8. The Morgan fingerprint density at radius 1 is 1.48 bits per heavy atom. The summed E-state index contributed by atoms with van der Waals surface area (Å²) >= 11 is 0. The summed E-state index contributed by atoms with van der Waals surface area (Å²) in [5, 5.41) is 6.35. The molecule has 118 valence electrons. The van der Waals surface area contributed by atoms with Crippen molar-refractivity contribution in [3.05, 3.63) is 18.4 Å². The summed E-state index contributed by atoms with van der Waals surface area (Å²) in [6, 6.07) is 0.394. The average molecular weight is 295 g/mol. The molecule has 2 rings (SSSR count). The Morgan fingerprint density at radius 2 is 2.29 bits per heavy atom. The average Bonchev–Trinajstić information content (AvgIpc) is 3.03. The molecule has 0 saturated heterocycles. The summed E-state index contributed by atoms with van der Waals surface area (Å²) in [4.78, 5) is 15.6. The molecule has 1 fully saturated rings. The molecule has 6 heteroatoms. The van der Waals surface area contributed by atoms with Crippen LogP contribution < -0.4 is 10.6 Å². The first-order chi connectivity index (χ1) is 9.94. The molecule has 1 aromatic heterocycles. The number of nitrogens with one attached hydrogen (secondary N) is 2. The van der Waals surface area contributed by atoms with E-state index in [2.05, 4.69) is 15.6 Å². The molecular weight excluding hydrogens is 270 g/mol. The Balaban J connectivity index is 1.73. The quantitative estimate of drug-likeness (QED) is 0.872. The van der Waals surface area contributed by atoms with E-state index < -0.39 is 5.60 Å². The van der Waals surface area contributed by atoms with E-state index in [0.29, 0.717) is 25.0 Å². The third kappa shape index (κ3) is 5.38. The van der Waals surface area contributed by atoms with E-state index in [1.165, 1.54) is 12.8 Å². The third-order valence-corrected chi connectivity index (χ3v) is 3.59. The lowest BCUT2D eigenvalue weighted by Gasteiger charge is -2.23. The van der Waals surface area contributed by atoms with Gasteiger partial charge in [0.1, 0.15) is 11.4 Å². The van der Waals surface area contributed by atoms with E-state index >= 15 is 0 Å². The van der Waals surface area contributed by atoms with Crippen LogP contribution in [0.3, 0.4) is 0 Å². The molecule has 2 unspecified atom stereocenters. The SMILES string of the molecule is CC(C)(C)OC(=O)NCC1CCCC1NCc1cnco1. The van der Waals surface area contributed by atoms with E-state index in [0.717, 1.165) is 18.6 Å². The Labute approximate surface area is 125 Å². The Kier molecular flexibility index (Phi) is 5.22. The normalized spacial score (nSPS) is 22.2. The van der Waals surface area contributed by atoms with E-state index in [-0.39, 0.29) is 6.09 Å². The van der Waals surface area contributed by atoms with E-state index in [1.54, 1.807) is 6.20 Å². The predicted octanol–water partition coefficient (Wildman–Crippen LogP) is 2.46. The summed E-state index contributed by atoms with van der Waals surface area (Å²) in [6.07, 6.45) is 6.22. The molecule has 1 heterocycles. The Hall–Kier alpha value is -1.56. The van der Waals surface area contributed by atoms with Crippen molar-refractivity contribution in [2.24, 2.45) is 5.92 Å². The summed E-state index contributed by atoms with van der Waals surface area (Å²) < 4.78 is 10.5. The fourth-order valence-corrected chi connectivity index (χ4v) is 2.64. The zero-order chi connectivity index (χ0) is 15.3. The molecule has 1 aliphatic carbocycles. The van der Waals surface area contributed by atoms with Crippen molar-refractivity contribution in [1.29, 1.82) is 0 Å². The van der Waals surface area contributed by atoms with Crippen molar-refractivity contribution in [1.82, 2.24) is 15.6 Å². The Morgan fingerprint density at radius 3 is 2.95 bits per heavy atom. The maximum atomic E-state index is 11.7. The summed E-state index contributed by atoms with van der Waals surface area (Å²) in [5.74, 6) is 1.26. The number of carbonyl (C=O) groups is 1. The van der Waals surface area contributed by atoms with Crippen LogP contribution in [-0.2, 0) is 11.3 Å². The lowest BCUT2D eigenvalue weighted by Crippen LogP contribution is -2.40. The zero-order valence-electron chi connectivity index (χ0n) is 13.0. The second-order valence-corrected chi connectivity index (χ2v) is 6.53. The largest absolute Gasteiger partial charge is 0.447 e. The fraction of sp³-hybridized carbons (Fsp3) is 0.733. The molecule has 2 N–H and O–H groups in total. The minimum Gasteiger partial charge on any atom is -0.447 e. The highest BCUT2D eigenvalue weighted by Gasteiger charge is 2.28.